The second-order valence-electron chi connectivity index (χ2n) is 5.92. The van der Waals surface area contributed by atoms with Gasteiger partial charge < -0.3 is 5.11 Å². The molecule has 4 nitrogen and oxygen atoms in total. The zero-order valence-electron chi connectivity index (χ0n) is 12.9. The standard InChI is InChI=1S/C16H22F2N2O2/c1-11(14-9-12(17)3-4-15(14)18)20-7-5-13(6-8-20)19(2)10-16(21)22/h3-4,9,11,13H,5-8,10H2,1-2H3,(H,21,22). The van der Waals surface area contributed by atoms with Crippen LogP contribution in [0.25, 0.3) is 0 Å². The monoisotopic (exact) mass is 312 g/mol. The van der Waals surface area contributed by atoms with Crippen LogP contribution >= 0.6 is 0 Å². The van der Waals surface area contributed by atoms with E-state index in [1.54, 1.807) is 0 Å². The molecular weight excluding hydrogens is 290 g/mol. The molecule has 1 aliphatic rings. The first kappa shape index (κ1) is 16.8. The number of likely N-dealkylation sites (tertiary alicyclic amines) is 1. The molecule has 0 radical (unpaired) electrons. The summed E-state index contributed by atoms with van der Waals surface area (Å²) >= 11 is 0. The Labute approximate surface area is 129 Å². The minimum atomic E-state index is -0.833. The van der Waals surface area contributed by atoms with Gasteiger partial charge in [-0.25, -0.2) is 8.78 Å². The number of piperidine rings is 1. The average molecular weight is 312 g/mol. The van der Waals surface area contributed by atoms with E-state index in [0.717, 1.165) is 38.1 Å². The molecular formula is C16H22F2N2O2. The Balaban J connectivity index is 1.96. The molecule has 1 atom stereocenters. The molecule has 22 heavy (non-hydrogen) atoms. The number of likely N-dealkylation sites (N-methyl/N-ethyl adjacent to an activating group) is 1. The van der Waals surface area contributed by atoms with Crippen LogP contribution in [0, 0.1) is 11.6 Å². The predicted molar refractivity (Wildman–Crippen MR) is 79.6 cm³/mol. The van der Waals surface area contributed by atoms with Gasteiger partial charge in [-0.15, -0.1) is 0 Å². The van der Waals surface area contributed by atoms with E-state index in [9.17, 15) is 13.6 Å². The van der Waals surface area contributed by atoms with Crippen molar-refractivity contribution in [3.8, 4) is 0 Å². The molecule has 1 heterocycles. The second kappa shape index (κ2) is 7.15. The van der Waals surface area contributed by atoms with Gasteiger partial charge in [-0.1, -0.05) is 0 Å². The molecule has 1 aromatic rings. The molecule has 0 bridgehead atoms. The van der Waals surface area contributed by atoms with Crippen LogP contribution in [0.4, 0.5) is 8.78 Å². The van der Waals surface area contributed by atoms with Gasteiger partial charge in [0, 0.05) is 30.7 Å². The van der Waals surface area contributed by atoms with E-state index < -0.39 is 11.8 Å². The van der Waals surface area contributed by atoms with Crippen molar-refractivity contribution in [2.75, 3.05) is 26.7 Å². The lowest BCUT2D eigenvalue weighted by molar-refractivity contribution is -0.138. The Morgan fingerprint density at radius 3 is 2.64 bits per heavy atom. The molecule has 1 saturated heterocycles. The van der Waals surface area contributed by atoms with E-state index in [0.29, 0.717) is 5.56 Å². The first-order valence-corrected chi connectivity index (χ1v) is 7.49. The Bertz CT molecular complexity index is 531. The van der Waals surface area contributed by atoms with Gasteiger partial charge in [0.2, 0.25) is 0 Å². The summed E-state index contributed by atoms with van der Waals surface area (Å²) in [5.41, 5.74) is 0.373. The number of carboxylic acid groups (broad SMARTS) is 1. The van der Waals surface area contributed by atoms with Crippen molar-refractivity contribution in [3.05, 3.63) is 35.4 Å². The lowest BCUT2D eigenvalue weighted by Gasteiger charge is -2.39. The van der Waals surface area contributed by atoms with Crippen LogP contribution in [0.3, 0.4) is 0 Å². The second-order valence-corrected chi connectivity index (χ2v) is 5.92. The molecule has 1 fully saturated rings. The maximum absolute atomic E-state index is 13.9. The number of hydrogen-bond acceptors (Lipinski definition) is 3. The predicted octanol–water partition coefficient (Wildman–Crippen LogP) is 2.51. The fraction of sp³-hybridized carbons (Fsp3) is 0.562. The van der Waals surface area contributed by atoms with Crippen LogP contribution < -0.4 is 0 Å². The Kier molecular flexibility index (Phi) is 5.47. The molecule has 0 aliphatic carbocycles. The molecule has 0 aromatic heterocycles. The van der Waals surface area contributed by atoms with Crippen molar-refractivity contribution in [1.82, 2.24) is 9.80 Å². The Hall–Kier alpha value is -1.53. The Morgan fingerprint density at radius 2 is 2.05 bits per heavy atom. The lowest BCUT2D eigenvalue weighted by Crippen LogP contribution is -2.45. The smallest absolute Gasteiger partial charge is 0.317 e. The van der Waals surface area contributed by atoms with Gasteiger partial charge in [0.15, 0.2) is 0 Å². The van der Waals surface area contributed by atoms with Gasteiger partial charge in [-0.05, 0) is 45.0 Å². The van der Waals surface area contributed by atoms with Gasteiger partial charge >= 0.3 is 5.97 Å². The van der Waals surface area contributed by atoms with Crippen molar-refractivity contribution >= 4 is 5.97 Å². The number of rotatable bonds is 5. The number of carbonyl (C=O) groups is 1. The molecule has 1 unspecified atom stereocenters. The average Bonchev–Trinajstić information content (AvgIpc) is 2.48. The summed E-state index contributed by atoms with van der Waals surface area (Å²) in [5.74, 6) is -1.65. The quantitative estimate of drug-likeness (QED) is 0.907. The summed E-state index contributed by atoms with van der Waals surface area (Å²) in [7, 11) is 1.81. The van der Waals surface area contributed by atoms with E-state index in [4.69, 9.17) is 5.11 Å². The highest BCUT2D eigenvalue weighted by atomic mass is 19.1. The van der Waals surface area contributed by atoms with E-state index in [-0.39, 0.29) is 24.4 Å². The van der Waals surface area contributed by atoms with Crippen molar-refractivity contribution in [2.24, 2.45) is 0 Å². The third kappa shape index (κ3) is 4.01. The minimum Gasteiger partial charge on any atom is -0.480 e. The molecule has 1 aliphatic heterocycles. The van der Waals surface area contributed by atoms with Crippen LogP contribution in [0.1, 0.15) is 31.4 Å². The molecule has 0 amide bonds. The third-order valence-corrected chi connectivity index (χ3v) is 4.46. The van der Waals surface area contributed by atoms with E-state index in [1.807, 2.05) is 18.9 Å². The number of hydrogen-bond donors (Lipinski definition) is 1. The van der Waals surface area contributed by atoms with E-state index in [1.165, 1.54) is 6.07 Å². The number of benzene rings is 1. The van der Waals surface area contributed by atoms with Crippen molar-refractivity contribution in [1.29, 1.82) is 0 Å². The van der Waals surface area contributed by atoms with Crippen LogP contribution in [-0.2, 0) is 4.79 Å². The van der Waals surface area contributed by atoms with Gasteiger partial charge in [-0.3, -0.25) is 14.6 Å². The first-order valence-electron chi connectivity index (χ1n) is 7.49. The maximum atomic E-state index is 13.9. The molecule has 0 saturated carbocycles. The molecule has 1 aromatic carbocycles. The van der Waals surface area contributed by atoms with Crippen LogP contribution in [0.15, 0.2) is 18.2 Å². The SMILES string of the molecule is CC(c1cc(F)ccc1F)N1CCC(N(C)CC(=O)O)CC1. The van der Waals surface area contributed by atoms with Gasteiger partial charge in [0.25, 0.3) is 0 Å². The fourth-order valence-electron chi connectivity index (χ4n) is 3.09. The number of carboxylic acids is 1. The van der Waals surface area contributed by atoms with Gasteiger partial charge in [0.05, 0.1) is 6.54 Å². The summed E-state index contributed by atoms with van der Waals surface area (Å²) in [6.45, 7) is 3.38. The van der Waals surface area contributed by atoms with Crippen LogP contribution in [-0.4, -0.2) is 53.6 Å². The maximum Gasteiger partial charge on any atom is 0.317 e. The van der Waals surface area contributed by atoms with Crippen LogP contribution in [0.2, 0.25) is 0 Å². The molecule has 2 rings (SSSR count). The summed E-state index contributed by atoms with van der Waals surface area (Å²) in [6.07, 6.45) is 1.65. The van der Waals surface area contributed by atoms with Crippen molar-refractivity contribution < 1.29 is 18.7 Å². The zero-order chi connectivity index (χ0) is 16.3. The highest BCUT2D eigenvalue weighted by molar-refractivity contribution is 5.69. The minimum absolute atomic E-state index is 0.0265. The Morgan fingerprint density at radius 1 is 1.41 bits per heavy atom. The topological polar surface area (TPSA) is 43.8 Å². The molecule has 6 heteroatoms. The van der Waals surface area contributed by atoms with Gasteiger partial charge in [-0.2, -0.15) is 0 Å². The largest absolute Gasteiger partial charge is 0.480 e. The van der Waals surface area contributed by atoms with E-state index >= 15 is 0 Å². The summed E-state index contributed by atoms with van der Waals surface area (Å²) in [6, 6.07) is 3.56. The molecule has 0 spiro atoms. The number of nitrogens with zero attached hydrogens (tertiary/aromatic N) is 2. The molecule has 1 N–H and O–H groups in total. The van der Waals surface area contributed by atoms with Crippen LogP contribution in [0.5, 0.6) is 0 Å². The fourth-order valence-corrected chi connectivity index (χ4v) is 3.09. The molecule has 122 valence electrons. The lowest BCUT2D eigenvalue weighted by atomic mass is 9.99. The van der Waals surface area contributed by atoms with Crippen molar-refractivity contribution in [2.45, 2.75) is 31.8 Å². The number of aliphatic carboxylic acids is 1. The summed E-state index contributed by atoms with van der Waals surface area (Å²) < 4.78 is 27.2. The zero-order valence-corrected chi connectivity index (χ0v) is 12.9. The summed E-state index contributed by atoms with van der Waals surface area (Å²) in [5, 5.41) is 8.83. The van der Waals surface area contributed by atoms with E-state index in [2.05, 4.69) is 4.90 Å². The summed E-state index contributed by atoms with van der Waals surface area (Å²) in [4.78, 5) is 14.7. The van der Waals surface area contributed by atoms with Gasteiger partial charge in [0.1, 0.15) is 11.6 Å². The normalized spacial score (nSPS) is 18.6. The third-order valence-electron chi connectivity index (χ3n) is 4.46. The first-order chi connectivity index (χ1) is 10.4. The number of halogens is 2. The highest BCUT2D eigenvalue weighted by Gasteiger charge is 2.27. The highest BCUT2D eigenvalue weighted by Crippen LogP contribution is 2.27. The van der Waals surface area contributed by atoms with Crippen molar-refractivity contribution in [3.63, 3.8) is 0 Å².